The summed E-state index contributed by atoms with van der Waals surface area (Å²) in [7, 11) is 0. The van der Waals surface area contributed by atoms with Crippen LogP contribution in [-0.4, -0.2) is 65.2 Å². The number of aromatic amines is 1. The van der Waals surface area contributed by atoms with Crippen LogP contribution in [0.1, 0.15) is 32.0 Å². The minimum absolute atomic E-state index is 0.0257. The molecule has 166 valence electrons. The average Bonchev–Trinajstić information content (AvgIpc) is 3.44. The van der Waals surface area contributed by atoms with Crippen LogP contribution in [0, 0.1) is 19.8 Å². The summed E-state index contributed by atoms with van der Waals surface area (Å²) in [6.07, 6.45) is 3.57. The fourth-order valence-electron chi connectivity index (χ4n) is 4.56. The van der Waals surface area contributed by atoms with Crippen LogP contribution in [0.2, 0.25) is 0 Å². The predicted molar refractivity (Wildman–Crippen MR) is 126 cm³/mol. The van der Waals surface area contributed by atoms with Gasteiger partial charge in [-0.25, -0.2) is 0 Å². The highest BCUT2D eigenvalue weighted by molar-refractivity contribution is 8.00. The highest BCUT2D eigenvalue weighted by atomic mass is 32.2. The Morgan fingerprint density at radius 2 is 1.97 bits per heavy atom. The third-order valence-electron chi connectivity index (χ3n) is 6.24. The molecule has 2 saturated heterocycles. The Hall–Kier alpha value is -2.84. The van der Waals surface area contributed by atoms with E-state index in [-0.39, 0.29) is 17.6 Å². The van der Waals surface area contributed by atoms with E-state index in [2.05, 4.69) is 14.3 Å². The van der Waals surface area contributed by atoms with Gasteiger partial charge in [0.25, 0.3) is 5.91 Å². The van der Waals surface area contributed by atoms with Crippen molar-refractivity contribution in [3.8, 4) is 0 Å². The van der Waals surface area contributed by atoms with Gasteiger partial charge in [0.15, 0.2) is 5.78 Å². The summed E-state index contributed by atoms with van der Waals surface area (Å²) in [4.78, 5) is 36.6. The number of H-pyrrole nitrogens is 1. The van der Waals surface area contributed by atoms with Gasteiger partial charge in [0.2, 0.25) is 0 Å². The number of pyridine rings is 1. The van der Waals surface area contributed by atoms with Gasteiger partial charge in [0.1, 0.15) is 0 Å². The first kappa shape index (κ1) is 21.0. The van der Waals surface area contributed by atoms with Crippen LogP contribution in [0.4, 0.5) is 5.69 Å². The zero-order valence-corrected chi connectivity index (χ0v) is 19.1. The van der Waals surface area contributed by atoms with Gasteiger partial charge >= 0.3 is 0 Å². The highest BCUT2D eigenvalue weighted by Gasteiger charge is 2.34. The summed E-state index contributed by atoms with van der Waals surface area (Å²) < 4.78 is 7.55. The summed E-state index contributed by atoms with van der Waals surface area (Å²) in [6, 6.07) is 7.83. The third kappa shape index (κ3) is 3.67. The second-order valence-corrected chi connectivity index (χ2v) is 9.37. The van der Waals surface area contributed by atoms with E-state index in [0.717, 1.165) is 27.8 Å². The Bertz CT molecular complexity index is 1170. The lowest BCUT2D eigenvalue weighted by Crippen LogP contribution is -2.41. The molecule has 3 aromatic rings. The number of anilines is 1. The second-order valence-electron chi connectivity index (χ2n) is 8.34. The normalized spacial score (nSPS) is 19.0. The van der Waals surface area contributed by atoms with Crippen molar-refractivity contribution in [2.24, 2.45) is 5.92 Å². The van der Waals surface area contributed by atoms with E-state index in [4.69, 9.17) is 4.74 Å². The van der Waals surface area contributed by atoms with Gasteiger partial charge in [0.05, 0.1) is 36.6 Å². The number of amides is 1. The maximum absolute atomic E-state index is 13.8. The first-order valence-corrected chi connectivity index (χ1v) is 11.8. The van der Waals surface area contributed by atoms with Crippen molar-refractivity contribution in [3.05, 3.63) is 59.0 Å². The molecule has 7 nitrogen and oxygen atoms in total. The molecule has 0 bridgehead atoms. The number of ether oxygens (including phenoxy) is 1. The Balaban J connectivity index is 1.51. The van der Waals surface area contributed by atoms with Crippen molar-refractivity contribution in [1.82, 2.24) is 14.9 Å². The fraction of sp³-hybridized carbons (Fsp3) is 0.375. The fourth-order valence-corrected chi connectivity index (χ4v) is 5.72. The quantitative estimate of drug-likeness (QED) is 0.483. The van der Waals surface area contributed by atoms with Gasteiger partial charge in [-0.05, 0) is 49.6 Å². The molecule has 2 aliphatic rings. The molecular weight excluding hydrogens is 424 g/mol. The molecule has 0 spiro atoms. The van der Waals surface area contributed by atoms with E-state index in [0.29, 0.717) is 49.7 Å². The molecule has 4 heterocycles. The number of carbonyl (C=O) groups excluding carboxylic acids is 2. The van der Waals surface area contributed by atoms with Crippen molar-refractivity contribution in [2.75, 3.05) is 42.9 Å². The van der Waals surface area contributed by atoms with Gasteiger partial charge in [-0.1, -0.05) is 6.07 Å². The topological polar surface area (TPSA) is 78.5 Å². The van der Waals surface area contributed by atoms with Crippen LogP contribution in [0.5, 0.6) is 0 Å². The summed E-state index contributed by atoms with van der Waals surface area (Å²) in [5, 5.41) is 0.758. The maximum Gasteiger partial charge on any atom is 0.254 e. The highest BCUT2D eigenvalue weighted by Crippen LogP contribution is 2.36. The van der Waals surface area contributed by atoms with E-state index >= 15 is 0 Å². The molecule has 2 fully saturated rings. The zero-order chi connectivity index (χ0) is 22.2. The first-order chi connectivity index (χ1) is 15.5. The van der Waals surface area contributed by atoms with E-state index < -0.39 is 0 Å². The number of aromatic nitrogens is 2. The van der Waals surface area contributed by atoms with Crippen LogP contribution < -0.4 is 4.31 Å². The van der Waals surface area contributed by atoms with Gasteiger partial charge in [-0.15, -0.1) is 0 Å². The molecule has 32 heavy (non-hydrogen) atoms. The predicted octanol–water partition coefficient (Wildman–Crippen LogP) is 3.62. The van der Waals surface area contributed by atoms with Crippen LogP contribution in [-0.2, 0) is 4.74 Å². The van der Waals surface area contributed by atoms with E-state index in [1.54, 1.807) is 18.1 Å². The number of rotatable bonds is 4. The third-order valence-corrected chi connectivity index (χ3v) is 7.46. The largest absolute Gasteiger partial charge is 0.378 e. The molecule has 0 aliphatic carbocycles. The number of nitrogens with zero attached hydrogens (tertiary/aromatic N) is 3. The van der Waals surface area contributed by atoms with Crippen molar-refractivity contribution < 1.29 is 14.3 Å². The van der Waals surface area contributed by atoms with E-state index in [1.165, 1.54) is 0 Å². The molecule has 1 N–H and O–H groups in total. The molecule has 1 atom stereocenters. The minimum Gasteiger partial charge on any atom is -0.378 e. The number of morpholine rings is 1. The van der Waals surface area contributed by atoms with Crippen molar-refractivity contribution >= 4 is 40.2 Å². The average molecular weight is 451 g/mol. The summed E-state index contributed by atoms with van der Waals surface area (Å²) >= 11 is 1.65. The number of ketones is 1. The maximum atomic E-state index is 13.8. The molecule has 2 aliphatic heterocycles. The van der Waals surface area contributed by atoms with Gasteiger partial charge in [0, 0.05) is 53.7 Å². The number of aryl methyl sites for hydroxylation is 2. The summed E-state index contributed by atoms with van der Waals surface area (Å²) in [5.74, 6) is 0.625. The molecule has 0 saturated carbocycles. The SMILES string of the molecule is Cc1ccc2[nH]c(C)c(C(=O)C3CSN(c4cccnc4)C3)c2c1C(=O)N1CCOCC1. The molecule has 5 rings (SSSR count). The summed E-state index contributed by atoms with van der Waals surface area (Å²) in [5.41, 5.74) is 4.83. The Labute approximate surface area is 191 Å². The minimum atomic E-state index is -0.148. The molecule has 8 heteroatoms. The number of Topliss-reactive ketones (excluding diaryl/α,β-unsaturated/α-hetero) is 1. The van der Waals surface area contributed by atoms with E-state index in [1.807, 2.05) is 49.2 Å². The zero-order valence-electron chi connectivity index (χ0n) is 18.3. The van der Waals surface area contributed by atoms with Gasteiger partial charge in [-0.2, -0.15) is 0 Å². The molecule has 1 unspecified atom stereocenters. The second kappa shape index (κ2) is 8.60. The monoisotopic (exact) mass is 450 g/mol. The summed E-state index contributed by atoms with van der Waals surface area (Å²) in [6.45, 7) is 6.72. The van der Waals surface area contributed by atoms with Crippen molar-refractivity contribution in [2.45, 2.75) is 13.8 Å². The Kier molecular flexibility index (Phi) is 5.65. The number of hydrogen-bond acceptors (Lipinski definition) is 6. The lowest BCUT2D eigenvalue weighted by molar-refractivity contribution is 0.0303. The molecule has 1 aromatic carbocycles. The van der Waals surface area contributed by atoms with Crippen LogP contribution in [0.3, 0.4) is 0 Å². The Morgan fingerprint density at radius 1 is 1.16 bits per heavy atom. The Morgan fingerprint density at radius 3 is 2.72 bits per heavy atom. The van der Waals surface area contributed by atoms with Crippen molar-refractivity contribution in [3.63, 3.8) is 0 Å². The van der Waals surface area contributed by atoms with Crippen LogP contribution in [0.15, 0.2) is 36.7 Å². The number of benzene rings is 1. The number of fused-ring (bicyclic) bond motifs is 1. The first-order valence-electron chi connectivity index (χ1n) is 10.9. The number of hydrogen-bond donors (Lipinski definition) is 1. The molecule has 0 radical (unpaired) electrons. The van der Waals surface area contributed by atoms with Gasteiger partial charge < -0.3 is 18.9 Å². The van der Waals surface area contributed by atoms with Crippen LogP contribution >= 0.6 is 11.9 Å². The van der Waals surface area contributed by atoms with Gasteiger partial charge in [-0.3, -0.25) is 14.6 Å². The standard InChI is InChI=1S/C24H26N4O3S/c1-15-5-6-19-22(20(15)24(30)27-8-10-31-11-9-27)21(16(2)26-19)23(29)17-13-28(32-14-17)18-4-3-7-25-12-18/h3-7,12,17,26H,8-11,13-14H2,1-2H3. The van der Waals surface area contributed by atoms with Crippen molar-refractivity contribution in [1.29, 1.82) is 0 Å². The number of nitrogens with one attached hydrogen (secondary N) is 1. The van der Waals surface area contributed by atoms with Crippen LogP contribution in [0.25, 0.3) is 10.9 Å². The molecular formula is C24H26N4O3S. The lowest BCUT2D eigenvalue weighted by Gasteiger charge is -2.28. The molecule has 1 amide bonds. The van der Waals surface area contributed by atoms with E-state index in [9.17, 15) is 9.59 Å². The number of carbonyl (C=O) groups is 2. The smallest absolute Gasteiger partial charge is 0.254 e. The molecule has 2 aromatic heterocycles. The lowest BCUT2D eigenvalue weighted by atomic mass is 9.92.